The zero-order valence-corrected chi connectivity index (χ0v) is 13.9. The Morgan fingerprint density at radius 3 is 2.77 bits per heavy atom. The number of rotatable bonds is 4. The van der Waals surface area contributed by atoms with Crippen molar-refractivity contribution in [3.8, 4) is 5.69 Å². The molecule has 4 aromatic rings. The second-order valence-corrected chi connectivity index (χ2v) is 5.56. The summed E-state index contributed by atoms with van der Waals surface area (Å²) >= 11 is 0. The molecule has 3 aromatic heterocycles. The Balaban J connectivity index is 1.60. The lowest BCUT2D eigenvalue weighted by molar-refractivity contribution is 0.101. The molecule has 0 unspecified atom stereocenters. The van der Waals surface area contributed by atoms with E-state index in [1.165, 1.54) is 12.5 Å². The molecule has 0 aliphatic carbocycles. The lowest BCUT2D eigenvalue weighted by atomic mass is 10.2. The third-order valence-corrected chi connectivity index (χ3v) is 3.99. The normalized spacial score (nSPS) is 11.0. The predicted molar refractivity (Wildman–Crippen MR) is 95.3 cm³/mol. The number of amides is 1. The number of carbonyl (C=O) groups is 1. The van der Waals surface area contributed by atoms with Crippen molar-refractivity contribution in [1.82, 2.24) is 29.5 Å². The maximum atomic E-state index is 12.3. The van der Waals surface area contributed by atoms with Crippen LogP contribution in [-0.2, 0) is 6.54 Å². The summed E-state index contributed by atoms with van der Waals surface area (Å²) in [5, 5.41) is 11.6. The molecular weight excluding hydrogens is 334 g/mol. The quantitative estimate of drug-likeness (QED) is 0.581. The van der Waals surface area contributed by atoms with Crippen LogP contribution in [0.4, 0.5) is 5.69 Å². The standard InChI is InChI=1S/C17H15N7O2/c1-2-23-14(7-8-20-23)17(26)22-11-3-5-12(6-4-11)24-15-13(9-21-24)16(25)19-10-18-15/h3-10H,2H2,1H3,(H,22,26)(H,18,19,25). The minimum Gasteiger partial charge on any atom is -0.321 e. The van der Waals surface area contributed by atoms with Crippen molar-refractivity contribution in [1.29, 1.82) is 0 Å². The zero-order chi connectivity index (χ0) is 18.1. The zero-order valence-electron chi connectivity index (χ0n) is 13.9. The summed E-state index contributed by atoms with van der Waals surface area (Å²) in [6.45, 7) is 2.54. The monoisotopic (exact) mass is 349 g/mol. The molecule has 0 bridgehead atoms. The third kappa shape index (κ3) is 2.65. The van der Waals surface area contributed by atoms with Gasteiger partial charge < -0.3 is 10.3 Å². The van der Waals surface area contributed by atoms with Crippen LogP contribution in [0.25, 0.3) is 16.7 Å². The van der Waals surface area contributed by atoms with E-state index in [4.69, 9.17) is 0 Å². The van der Waals surface area contributed by atoms with Gasteiger partial charge in [0.2, 0.25) is 0 Å². The smallest absolute Gasteiger partial charge is 0.273 e. The van der Waals surface area contributed by atoms with Gasteiger partial charge in [-0.15, -0.1) is 0 Å². The number of benzene rings is 1. The highest BCUT2D eigenvalue weighted by molar-refractivity contribution is 6.03. The van der Waals surface area contributed by atoms with Crippen molar-refractivity contribution < 1.29 is 4.79 Å². The molecule has 0 aliphatic heterocycles. The highest BCUT2D eigenvalue weighted by Gasteiger charge is 2.12. The number of anilines is 1. The molecule has 3 heterocycles. The first-order valence-electron chi connectivity index (χ1n) is 8.02. The Kier molecular flexibility index (Phi) is 3.81. The van der Waals surface area contributed by atoms with Gasteiger partial charge in [0.05, 0.1) is 18.2 Å². The van der Waals surface area contributed by atoms with E-state index in [-0.39, 0.29) is 11.5 Å². The van der Waals surface area contributed by atoms with E-state index < -0.39 is 0 Å². The number of fused-ring (bicyclic) bond motifs is 1. The van der Waals surface area contributed by atoms with Crippen LogP contribution in [0.1, 0.15) is 17.4 Å². The van der Waals surface area contributed by atoms with Crippen LogP contribution >= 0.6 is 0 Å². The minimum absolute atomic E-state index is 0.227. The van der Waals surface area contributed by atoms with Gasteiger partial charge in [-0.05, 0) is 37.3 Å². The van der Waals surface area contributed by atoms with E-state index >= 15 is 0 Å². The molecule has 0 aliphatic rings. The average Bonchev–Trinajstić information content (AvgIpc) is 3.30. The Hall–Kier alpha value is -3.75. The molecule has 9 nitrogen and oxygen atoms in total. The Morgan fingerprint density at radius 2 is 2.00 bits per heavy atom. The van der Waals surface area contributed by atoms with E-state index in [2.05, 4.69) is 25.5 Å². The van der Waals surface area contributed by atoms with Gasteiger partial charge in [0, 0.05) is 18.4 Å². The number of hydrogen-bond acceptors (Lipinski definition) is 5. The van der Waals surface area contributed by atoms with E-state index in [1.807, 2.05) is 6.92 Å². The summed E-state index contributed by atoms with van der Waals surface area (Å²) < 4.78 is 3.20. The van der Waals surface area contributed by atoms with E-state index in [1.54, 1.807) is 45.9 Å². The lowest BCUT2D eigenvalue weighted by Crippen LogP contribution is -2.17. The molecule has 0 fully saturated rings. The van der Waals surface area contributed by atoms with Gasteiger partial charge in [0.25, 0.3) is 11.5 Å². The highest BCUT2D eigenvalue weighted by Crippen LogP contribution is 2.17. The fraction of sp³-hybridized carbons (Fsp3) is 0.118. The molecule has 0 spiro atoms. The van der Waals surface area contributed by atoms with Crippen LogP contribution in [0, 0.1) is 0 Å². The maximum absolute atomic E-state index is 12.3. The summed E-state index contributed by atoms with van der Waals surface area (Å²) in [6.07, 6.45) is 4.41. The number of aromatic amines is 1. The predicted octanol–water partition coefficient (Wildman–Crippen LogP) is 1.58. The van der Waals surface area contributed by atoms with Crippen molar-refractivity contribution in [2.24, 2.45) is 0 Å². The van der Waals surface area contributed by atoms with Crippen LogP contribution in [0.3, 0.4) is 0 Å². The molecule has 0 atom stereocenters. The van der Waals surface area contributed by atoms with Crippen LogP contribution < -0.4 is 10.9 Å². The Morgan fingerprint density at radius 1 is 1.19 bits per heavy atom. The maximum Gasteiger partial charge on any atom is 0.273 e. The molecule has 1 aromatic carbocycles. The third-order valence-electron chi connectivity index (χ3n) is 3.99. The first-order chi connectivity index (χ1) is 12.7. The molecule has 1 amide bonds. The topological polar surface area (TPSA) is 110 Å². The molecule has 0 saturated heterocycles. The summed E-state index contributed by atoms with van der Waals surface area (Å²) in [5.74, 6) is -0.227. The van der Waals surface area contributed by atoms with E-state index in [9.17, 15) is 9.59 Å². The average molecular weight is 349 g/mol. The summed E-state index contributed by atoms with van der Waals surface area (Å²) in [5.41, 5.74) is 2.10. The number of H-pyrrole nitrogens is 1. The number of nitrogens with zero attached hydrogens (tertiary/aromatic N) is 5. The van der Waals surface area contributed by atoms with Gasteiger partial charge in [-0.25, -0.2) is 9.67 Å². The summed E-state index contributed by atoms with van der Waals surface area (Å²) in [6, 6.07) is 8.79. The van der Waals surface area contributed by atoms with Crippen LogP contribution in [0.5, 0.6) is 0 Å². The molecule has 130 valence electrons. The van der Waals surface area contributed by atoms with Gasteiger partial charge in [-0.3, -0.25) is 14.3 Å². The number of hydrogen-bond donors (Lipinski definition) is 2. The largest absolute Gasteiger partial charge is 0.321 e. The Labute approximate surface area is 147 Å². The number of aromatic nitrogens is 6. The van der Waals surface area contributed by atoms with Gasteiger partial charge >= 0.3 is 0 Å². The van der Waals surface area contributed by atoms with Crippen LogP contribution in [0.15, 0.2) is 53.8 Å². The molecule has 4 rings (SSSR count). The molecular formula is C17H15N7O2. The molecule has 0 saturated carbocycles. The van der Waals surface area contributed by atoms with Crippen molar-refractivity contribution in [3.05, 3.63) is 65.1 Å². The second-order valence-electron chi connectivity index (χ2n) is 5.56. The highest BCUT2D eigenvalue weighted by atomic mass is 16.2. The van der Waals surface area contributed by atoms with Gasteiger partial charge in [0.15, 0.2) is 5.65 Å². The van der Waals surface area contributed by atoms with Crippen molar-refractivity contribution in [2.45, 2.75) is 13.5 Å². The Bertz CT molecular complexity index is 1140. The van der Waals surface area contributed by atoms with Gasteiger partial charge in [-0.2, -0.15) is 10.2 Å². The fourth-order valence-electron chi connectivity index (χ4n) is 2.70. The molecule has 0 radical (unpaired) electrons. The lowest BCUT2D eigenvalue weighted by Gasteiger charge is -2.08. The van der Waals surface area contributed by atoms with Gasteiger partial charge in [0.1, 0.15) is 11.1 Å². The first-order valence-corrected chi connectivity index (χ1v) is 8.02. The first kappa shape index (κ1) is 15.8. The number of aryl methyl sites for hydroxylation is 1. The minimum atomic E-state index is -0.238. The second kappa shape index (κ2) is 6.28. The van der Waals surface area contributed by atoms with Crippen LogP contribution in [0.2, 0.25) is 0 Å². The number of nitrogens with one attached hydrogen (secondary N) is 2. The van der Waals surface area contributed by atoms with E-state index in [0.29, 0.717) is 29.0 Å². The molecule has 9 heteroatoms. The van der Waals surface area contributed by atoms with Crippen molar-refractivity contribution in [2.75, 3.05) is 5.32 Å². The van der Waals surface area contributed by atoms with E-state index in [0.717, 1.165) is 5.69 Å². The van der Waals surface area contributed by atoms with Crippen LogP contribution in [-0.4, -0.2) is 35.4 Å². The molecule has 26 heavy (non-hydrogen) atoms. The number of carbonyl (C=O) groups excluding carboxylic acids is 1. The summed E-state index contributed by atoms with van der Waals surface area (Å²) in [4.78, 5) is 30.8. The summed E-state index contributed by atoms with van der Waals surface area (Å²) in [7, 11) is 0. The molecule has 2 N–H and O–H groups in total. The van der Waals surface area contributed by atoms with Crippen molar-refractivity contribution >= 4 is 22.6 Å². The SMILES string of the molecule is CCn1nccc1C(=O)Nc1ccc(-n2ncc3c(=O)[nH]cnc32)cc1. The van der Waals surface area contributed by atoms with Gasteiger partial charge in [-0.1, -0.05) is 0 Å². The van der Waals surface area contributed by atoms with Crippen molar-refractivity contribution in [3.63, 3.8) is 0 Å². The fourth-order valence-corrected chi connectivity index (χ4v) is 2.70.